The highest BCUT2D eigenvalue weighted by Gasteiger charge is 2.29. The van der Waals surface area contributed by atoms with Crippen molar-refractivity contribution < 1.29 is 17.9 Å². The fraction of sp³-hybridized carbons (Fsp3) is 0.143. The third-order valence-corrected chi connectivity index (χ3v) is 6.42. The minimum atomic E-state index is -3.72. The number of pyridine rings is 1. The van der Waals surface area contributed by atoms with E-state index in [0.717, 1.165) is 0 Å². The van der Waals surface area contributed by atoms with Gasteiger partial charge in [-0.1, -0.05) is 24.3 Å². The molecule has 2 aromatic carbocycles. The summed E-state index contributed by atoms with van der Waals surface area (Å²) < 4.78 is 31.4. The zero-order valence-corrected chi connectivity index (χ0v) is 16.1. The number of benzene rings is 2. The highest BCUT2D eigenvalue weighted by Crippen LogP contribution is 2.28. The van der Waals surface area contributed by atoms with Crippen LogP contribution in [-0.4, -0.2) is 33.0 Å². The van der Waals surface area contributed by atoms with Crippen molar-refractivity contribution in [2.45, 2.75) is 10.1 Å². The summed E-state index contributed by atoms with van der Waals surface area (Å²) in [5.74, 6) is 0.274. The van der Waals surface area contributed by atoms with Crippen molar-refractivity contribution in [2.24, 2.45) is 0 Å². The zero-order chi connectivity index (χ0) is 20.0. The van der Waals surface area contributed by atoms with Gasteiger partial charge in [0.25, 0.3) is 5.91 Å². The Hall–Kier alpha value is -3.19. The average molecular weight is 396 g/mol. The van der Waals surface area contributed by atoms with Gasteiger partial charge in [-0.3, -0.25) is 9.78 Å². The summed E-state index contributed by atoms with van der Waals surface area (Å²) in [5, 5.41) is 1.77. The lowest BCUT2D eigenvalue weighted by molar-refractivity contribution is 0.0953. The zero-order valence-electron chi connectivity index (χ0n) is 15.3. The van der Waals surface area contributed by atoms with Crippen LogP contribution in [0, 0.1) is 0 Å². The first-order valence-electron chi connectivity index (χ1n) is 8.63. The van der Waals surface area contributed by atoms with E-state index in [9.17, 15) is 13.2 Å². The number of nitrogens with zero attached hydrogens (tertiary/aromatic N) is 1. The number of sulfone groups is 1. The molecule has 0 saturated heterocycles. The van der Waals surface area contributed by atoms with Crippen LogP contribution in [0.3, 0.4) is 0 Å². The molecule has 3 rings (SSSR count). The van der Waals surface area contributed by atoms with Crippen molar-refractivity contribution in [1.82, 2.24) is 10.3 Å². The molecule has 144 valence electrons. The molecule has 6 nitrogen and oxygen atoms in total. The van der Waals surface area contributed by atoms with Gasteiger partial charge in [0.15, 0.2) is 9.84 Å². The Morgan fingerprint density at radius 3 is 2.36 bits per heavy atom. The lowest BCUT2D eigenvalue weighted by Crippen LogP contribution is -2.32. The molecule has 0 aliphatic heterocycles. The van der Waals surface area contributed by atoms with Crippen LogP contribution >= 0.6 is 0 Å². The van der Waals surface area contributed by atoms with Crippen LogP contribution in [0.25, 0.3) is 0 Å². The van der Waals surface area contributed by atoms with Gasteiger partial charge in [-0.2, -0.15) is 0 Å². The van der Waals surface area contributed by atoms with Crippen molar-refractivity contribution in [2.75, 3.05) is 13.7 Å². The highest BCUT2D eigenvalue weighted by atomic mass is 32.2. The standard InChI is InChI=1S/C21H20N2O4S/c1-27-18-11-9-16(10-12-18)21(24)23-15-20(17-6-5-13-22-14-17)28(25,26)19-7-3-2-4-8-19/h2-14,20H,15H2,1H3,(H,23,24)/t20-/m0/s1. The summed E-state index contributed by atoms with van der Waals surface area (Å²) in [6.45, 7) is -0.0756. The molecular weight excluding hydrogens is 376 g/mol. The van der Waals surface area contributed by atoms with E-state index in [2.05, 4.69) is 10.3 Å². The topological polar surface area (TPSA) is 85.4 Å². The average Bonchev–Trinajstić information content (AvgIpc) is 2.75. The number of ether oxygens (including phenoxy) is 1. The molecule has 0 aliphatic rings. The lowest BCUT2D eigenvalue weighted by Gasteiger charge is -2.19. The molecule has 1 aromatic heterocycles. The number of aromatic nitrogens is 1. The molecule has 0 fully saturated rings. The Morgan fingerprint density at radius 2 is 1.75 bits per heavy atom. The van der Waals surface area contributed by atoms with Gasteiger partial charge in [-0.25, -0.2) is 8.42 Å². The molecule has 1 heterocycles. The van der Waals surface area contributed by atoms with Crippen molar-refractivity contribution in [3.05, 3.63) is 90.3 Å². The SMILES string of the molecule is COc1ccc(C(=O)NC[C@@H](c2cccnc2)S(=O)(=O)c2ccccc2)cc1. The Labute approximate surface area is 164 Å². The maximum absolute atomic E-state index is 13.2. The van der Waals surface area contributed by atoms with Gasteiger partial charge in [-0.05, 0) is 48.0 Å². The molecule has 3 aromatic rings. The Kier molecular flexibility index (Phi) is 6.06. The third kappa shape index (κ3) is 4.37. The number of hydrogen-bond acceptors (Lipinski definition) is 5. The molecular formula is C21H20N2O4S. The number of carbonyl (C=O) groups is 1. The minimum Gasteiger partial charge on any atom is -0.497 e. The van der Waals surface area contributed by atoms with Crippen molar-refractivity contribution in [3.8, 4) is 5.75 Å². The molecule has 1 atom stereocenters. The summed E-state index contributed by atoms with van der Waals surface area (Å²) >= 11 is 0. The Bertz CT molecular complexity index is 1020. The predicted molar refractivity (Wildman–Crippen MR) is 106 cm³/mol. The van der Waals surface area contributed by atoms with E-state index in [4.69, 9.17) is 4.74 Å². The molecule has 0 saturated carbocycles. The maximum atomic E-state index is 13.2. The Balaban J connectivity index is 1.85. The predicted octanol–water partition coefficient (Wildman–Crippen LogP) is 3.04. The van der Waals surface area contributed by atoms with Crippen LogP contribution in [-0.2, 0) is 9.84 Å². The third-order valence-electron chi connectivity index (χ3n) is 4.30. The number of carbonyl (C=O) groups excluding carboxylic acids is 1. The van der Waals surface area contributed by atoms with Crippen molar-refractivity contribution >= 4 is 15.7 Å². The molecule has 0 radical (unpaired) electrons. The number of amides is 1. The summed E-state index contributed by atoms with van der Waals surface area (Å²) in [6, 6.07) is 18.1. The molecule has 0 aliphatic carbocycles. The van der Waals surface area contributed by atoms with Crippen LogP contribution in [0.5, 0.6) is 5.75 Å². The van der Waals surface area contributed by atoms with Crippen molar-refractivity contribution in [3.63, 3.8) is 0 Å². The first-order chi connectivity index (χ1) is 13.5. The summed E-state index contributed by atoms with van der Waals surface area (Å²) in [6.07, 6.45) is 3.08. The van der Waals surface area contributed by atoms with E-state index >= 15 is 0 Å². The molecule has 1 N–H and O–H groups in total. The van der Waals surface area contributed by atoms with Gasteiger partial charge < -0.3 is 10.1 Å². The molecule has 0 spiro atoms. The van der Waals surface area contributed by atoms with E-state index in [-0.39, 0.29) is 17.3 Å². The van der Waals surface area contributed by atoms with Gasteiger partial charge in [0, 0.05) is 24.5 Å². The summed E-state index contributed by atoms with van der Waals surface area (Å²) in [7, 11) is -2.17. The second-order valence-electron chi connectivity index (χ2n) is 6.07. The van der Waals surface area contributed by atoms with E-state index in [0.29, 0.717) is 16.9 Å². The fourth-order valence-corrected chi connectivity index (χ4v) is 4.44. The number of hydrogen-bond donors (Lipinski definition) is 1. The fourth-order valence-electron chi connectivity index (χ4n) is 2.78. The second-order valence-corrected chi connectivity index (χ2v) is 8.20. The largest absolute Gasteiger partial charge is 0.497 e. The van der Waals surface area contributed by atoms with Gasteiger partial charge >= 0.3 is 0 Å². The Morgan fingerprint density at radius 1 is 1.04 bits per heavy atom. The monoisotopic (exact) mass is 396 g/mol. The molecule has 7 heteroatoms. The van der Waals surface area contributed by atoms with Crippen LogP contribution in [0.2, 0.25) is 0 Å². The first-order valence-corrected chi connectivity index (χ1v) is 10.2. The quantitative estimate of drug-likeness (QED) is 0.663. The normalized spacial score (nSPS) is 12.2. The van der Waals surface area contributed by atoms with E-state index < -0.39 is 15.1 Å². The van der Waals surface area contributed by atoms with Gasteiger partial charge in [0.05, 0.1) is 12.0 Å². The highest BCUT2D eigenvalue weighted by molar-refractivity contribution is 7.91. The molecule has 0 bridgehead atoms. The van der Waals surface area contributed by atoms with Crippen molar-refractivity contribution in [1.29, 1.82) is 0 Å². The first kappa shape index (κ1) is 19.6. The van der Waals surface area contributed by atoms with Gasteiger partial charge in [-0.15, -0.1) is 0 Å². The van der Waals surface area contributed by atoms with Crippen LogP contribution in [0.15, 0.2) is 84.0 Å². The van der Waals surface area contributed by atoms with E-state index in [1.807, 2.05) is 0 Å². The van der Waals surface area contributed by atoms with Crippen LogP contribution in [0.1, 0.15) is 21.2 Å². The van der Waals surface area contributed by atoms with Gasteiger partial charge in [0.2, 0.25) is 0 Å². The second kappa shape index (κ2) is 8.67. The number of nitrogens with one attached hydrogen (secondary N) is 1. The summed E-state index contributed by atoms with van der Waals surface area (Å²) in [5.41, 5.74) is 0.934. The number of rotatable bonds is 7. The van der Waals surface area contributed by atoms with Crippen LogP contribution < -0.4 is 10.1 Å². The van der Waals surface area contributed by atoms with Crippen LogP contribution in [0.4, 0.5) is 0 Å². The molecule has 1 amide bonds. The number of methoxy groups -OCH3 is 1. The smallest absolute Gasteiger partial charge is 0.251 e. The maximum Gasteiger partial charge on any atom is 0.251 e. The van der Waals surface area contributed by atoms with E-state index in [1.165, 1.54) is 6.20 Å². The van der Waals surface area contributed by atoms with E-state index in [1.54, 1.807) is 80.0 Å². The molecule has 0 unspecified atom stereocenters. The van der Waals surface area contributed by atoms with Gasteiger partial charge in [0.1, 0.15) is 11.0 Å². The minimum absolute atomic E-state index is 0.0756. The molecule has 28 heavy (non-hydrogen) atoms. The lowest BCUT2D eigenvalue weighted by atomic mass is 10.2. The summed E-state index contributed by atoms with van der Waals surface area (Å²) in [4.78, 5) is 16.7.